The highest BCUT2D eigenvalue weighted by molar-refractivity contribution is 5.71. The first kappa shape index (κ1) is 10.0. The highest BCUT2D eigenvalue weighted by Gasteiger charge is 2.25. The topological polar surface area (TPSA) is 46.5 Å². The second-order valence-corrected chi connectivity index (χ2v) is 3.88. The lowest BCUT2D eigenvalue weighted by Gasteiger charge is -2.23. The molecule has 3 heteroatoms. The van der Waals surface area contributed by atoms with Crippen LogP contribution in [0.4, 0.5) is 0 Å². The van der Waals surface area contributed by atoms with E-state index in [1.807, 2.05) is 12.1 Å². The molecule has 0 bridgehead atoms. The fraction of sp³-hybridized carbons (Fsp3) is 0.417. The number of benzene rings is 1. The van der Waals surface area contributed by atoms with Gasteiger partial charge in [-0.1, -0.05) is 12.1 Å². The second-order valence-electron chi connectivity index (χ2n) is 3.88. The Labute approximate surface area is 88.7 Å². The first-order valence-corrected chi connectivity index (χ1v) is 5.10. The van der Waals surface area contributed by atoms with E-state index in [2.05, 4.69) is 6.07 Å². The lowest BCUT2D eigenvalue weighted by Crippen LogP contribution is -2.22. The molecule has 1 unspecified atom stereocenters. The molecule has 0 amide bonds. The predicted octanol–water partition coefficient (Wildman–Crippen LogP) is 1.88. The molecular formula is C12H14O3. The molecular weight excluding hydrogens is 192 g/mol. The summed E-state index contributed by atoms with van der Waals surface area (Å²) in [5, 5.41) is 8.99. The van der Waals surface area contributed by atoms with Gasteiger partial charge in [0.2, 0.25) is 0 Å². The number of carbonyl (C=O) groups is 1. The largest absolute Gasteiger partial charge is 0.496 e. The number of carboxylic acids is 1. The molecule has 0 radical (unpaired) electrons. The van der Waals surface area contributed by atoms with Crippen LogP contribution in [-0.2, 0) is 17.6 Å². The van der Waals surface area contributed by atoms with E-state index in [0.29, 0.717) is 6.42 Å². The molecule has 0 fully saturated rings. The fourth-order valence-corrected chi connectivity index (χ4v) is 2.16. The van der Waals surface area contributed by atoms with Crippen molar-refractivity contribution >= 4 is 5.97 Å². The molecule has 1 aromatic carbocycles. The monoisotopic (exact) mass is 206 g/mol. The van der Waals surface area contributed by atoms with Crippen LogP contribution in [0.15, 0.2) is 18.2 Å². The highest BCUT2D eigenvalue weighted by Crippen LogP contribution is 2.32. The minimum Gasteiger partial charge on any atom is -0.496 e. The number of carboxylic acid groups (broad SMARTS) is 1. The SMILES string of the molecule is COc1cccc2c1CC(C(=O)O)CC2. The van der Waals surface area contributed by atoms with Crippen molar-refractivity contribution in [2.45, 2.75) is 19.3 Å². The van der Waals surface area contributed by atoms with Crippen LogP contribution in [0, 0.1) is 5.92 Å². The maximum Gasteiger partial charge on any atom is 0.306 e. The first-order chi connectivity index (χ1) is 7.22. The number of hydrogen-bond donors (Lipinski definition) is 1. The zero-order valence-corrected chi connectivity index (χ0v) is 8.69. The van der Waals surface area contributed by atoms with Gasteiger partial charge in [0, 0.05) is 0 Å². The number of aliphatic carboxylic acids is 1. The summed E-state index contributed by atoms with van der Waals surface area (Å²) in [4.78, 5) is 10.9. The number of rotatable bonds is 2. The Bertz CT molecular complexity index is 370. The quantitative estimate of drug-likeness (QED) is 0.803. The molecule has 1 atom stereocenters. The normalized spacial score (nSPS) is 19.4. The van der Waals surface area contributed by atoms with Crippen molar-refractivity contribution in [1.29, 1.82) is 0 Å². The summed E-state index contributed by atoms with van der Waals surface area (Å²) in [7, 11) is 1.62. The van der Waals surface area contributed by atoms with Crippen molar-refractivity contribution < 1.29 is 14.6 Å². The van der Waals surface area contributed by atoms with E-state index in [1.165, 1.54) is 5.56 Å². The van der Waals surface area contributed by atoms with Crippen molar-refractivity contribution in [2.24, 2.45) is 5.92 Å². The van der Waals surface area contributed by atoms with Crippen LogP contribution in [0.5, 0.6) is 5.75 Å². The third kappa shape index (κ3) is 1.82. The number of aryl methyl sites for hydroxylation is 1. The molecule has 1 aliphatic carbocycles. The second kappa shape index (κ2) is 3.93. The van der Waals surface area contributed by atoms with Gasteiger partial charge in [0.15, 0.2) is 0 Å². The van der Waals surface area contributed by atoms with E-state index >= 15 is 0 Å². The maximum atomic E-state index is 10.9. The van der Waals surface area contributed by atoms with Crippen molar-refractivity contribution in [3.05, 3.63) is 29.3 Å². The van der Waals surface area contributed by atoms with Crippen LogP contribution in [0.3, 0.4) is 0 Å². The number of hydrogen-bond acceptors (Lipinski definition) is 2. The molecule has 0 spiro atoms. The summed E-state index contributed by atoms with van der Waals surface area (Å²) >= 11 is 0. The van der Waals surface area contributed by atoms with E-state index in [9.17, 15) is 4.79 Å². The summed E-state index contributed by atoms with van der Waals surface area (Å²) in [5.74, 6) is -0.140. The molecule has 0 aliphatic heterocycles. The van der Waals surface area contributed by atoms with Gasteiger partial charge >= 0.3 is 5.97 Å². The first-order valence-electron chi connectivity index (χ1n) is 5.10. The smallest absolute Gasteiger partial charge is 0.306 e. The Hall–Kier alpha value is -1.51. The van der Waals surface area contributed by atoms with E-state index in [-0.39, 0.29) is 5.92 Å². The lowest BCUT2D eigenvalue weighted by molar-refractivity contribution is -0.142. The summed E-state index contributed by atoms with van der Waals surface area (Å²) in [6, 6.07) is 5.90. The summed E-state index contributed by atoms with van der Waals surface area (Å²) in [5.41, 5.74) is 2.30. The molecule has 2 rings (SSSR count). The molecule has 15 heavy (non-hydrogen) atoms. The lowest BCUT2D eigenvalue weighted by atomic mass is 9.83. The van der Waals surface area contributed by atoms with Crippen LogP contribution in [-0.4, -0.2) is 18.2 Å². The highest BCUT2D eigenvalue weighted by atomic mass is 16.5. The molecule has 0 heterocycles. The Morgan fingerprint density at radius 3 is 3.00 bits per heavy atom. The predicted molar refractivity (Wildman–Crippen MR) is 56.1 cm³/mol. The van der Waals surface area contributed by atoms with Crippen LogP contribution in [0.1, 0.15) is 17.5 Å². The van der Waals surface area contributed by atoms with E-state index < -0.39 is 5.97 Å². The van der Waals surface area contributed by atoms with Gasteiger partial charge in [0.25, 0.3) is 0 Å². The van der Waals surface area contributed by atoms with Crippen molar-refractivity contribution in [3.63, 3.8) is 0 Å². The van der Waals surface area contributed by atoms with Crippen LogP contribution in [0.2, 0.25) is 0 Å². The van der Waals surface area contributed by atoms with Crippen LogP contribution < -0.4 is 4.74 Å². The van der Waals surface area contributed by atoms with Gasteiger partial charge in [-0.25, -0.2) is 0 Å². The summed E-state index contributed by atoms with van der Waals surface area (Å²) in [6.45, 7) is 0. The molecule has 0 saturated heterocycles. The van der Waals surface area contributed by atoms with Gasteiger partial charge in [0.1, 0.15) is 5.75 Å². The Morgan fingerprint density at radius 2 is 2.33 bits per heavy atom. The number of fused-ring (bicyclic) bond motifs is 1. The van der Waals surface area contributed by atoms with Crippen LogP contribution >= 0.6 is 0 Å². The average molecular weight is 206 g/mol. The average Bonchev–Trinajstić information content (AvgIpc) is 2.27. The minimum atomic E-state index is -0.702. The third-order valence-electron chi connectivity index (χ3n) is 3.01. The van der Waals surface area contributed by atoms with Gasteiger partial charge in [-0.3, -0.25) is 4.79 Å². The van der Waals surface area contributed by atoms with E-state index in [0.717, 1.165) is 24.2 Å². The van der Waals surface area contributed by atoms with Gasteiger partial charge < -0.3 is 9.84 Å². The van der Waals surface area contributed by atoms with Crippen molar-refractivity contribution in [2.75, 3.05) is 7.11 Å². The number of ether oxygens (including phenoxy) is 1. The number of methoxy groups -OCH3 is 1. The molecule has 1 aromatic rings. The Balaban J connectivity index is 2.34. The summed E-state index contributed by atoms with van der Waals surface area (Å²) in [6.07, 6.45) is 2.16. The van der Waals surface area contributed by atoms with Gasteiger partial charge in [-0.15, -0.1) is 0 Å². The molecule has 80 valence electrons. The van der Waals surface area contributed by atoms with Crippen molar-refractivity contribution in [3.8, 4) is 5.75 Å². The zero-order valence-electron chi connectivity index (χ0n) is 8.69. The maximum absolute atomic E-state index is 10.9. The zero-order chi connectivity index (χ0) is 10.8. The van der Waals surface area contributed by atoms with Gasteiger partial charge in [-0.2, -0.15) is 0 Å². The fourth-order valence-electron chi connectivity index (χ4n) is 2.16. The summed E-state index contributed by atoms with van der Waals surface area (Å²) < 4.78 is 5.25. The minimum absolute atomic E-state index is 0.256. The molecule has 1 N–H and O–H groups in total. The van der Waals surface area contributed by atoms with Gasteiger partial charge in [0.05, 0.1) is 13.0 Å². The molecule has 0 saturated carbocycles. The molecule has 1 aliphatic rings. The van der Waals surface area contributed by atoms with E-state index in [4.69, 9.17) is 9.84 Å². The Kier molecular flexibility index (Phi) is 2.62. The van der Waals surface area contributed by atoms with Crippen LogP contribution in [0.25, 0.3) is 0 Å². The molecule has 0 aromatic heterocycles. The van der Waals surface area contributed by atoms with Gasteiger partial charge in [-0.05, 0) is 36.5 Å². The van der Waals surface area contributed by atoms with E-state index in [1.54, 1.807) is 7.11 Å². The van der Waals surface area contributed by atoms with Crippen molar-refractivity contribution in [1.82, 2.24) is 0 Å². The molecule has 3 nitrogen and oxygen atoms in total. The standard InChI is InChI=1S/C12H14O3/c1-15-11-4-2-3-8-5-6-9(12(13)14)7-10(8)11/h2-4,9H,5-7H2,1H3,(H,13,14). The Morgan fingerprint density at radius 1 is 1.53 bits per heavy atom. The third-order valence-corrected chi connectivity index (χ3v) is 3.01.